The van der Waals surface area contributed by atoms with Gasteiger partial charge in [-0.2, -0.15) is 0 Å². The van der Waals surface area contributed by atoms with Crippen molar-refractivity contribution in [3.63, 3.8) is 0 Å². The average molecular weight is 173 g/mol. The second-order valence-corrected chi connectivity index (χ2v) is 4.42. The molecule has 0 spiro atoms. The van der Waals surface area contributed by atoms with Crippen LogP contribution >= 0.6 is 0 Å². The maximum absolute atomic E-state index is 6.10. The molecule has 13 heavy (non-hydrogen) atoms. The van der Waals surface area contributed by atoms with Crippen molar-refractivity contribution in [2.45, 2.75) is 31.2 Å². The molecule has 1 fully saturated rings. The highest BCUT2D eigenvalue weighted by Gasteiger charge is 2.38. The van der Waals surface area contributed by atoms with Crippen molar-refractivity contribution in [1.29, 1.82) is 0 Å². The van der Waals surface area contributed by atoms with Gasteiger partial charge in [0.05, 0.1) is 0 Å². The highest BCUT2D eigenvalue weighted by Crippen LogP contribution is 2.51. The molecule has 2 aliphatic carbocycles. The van der Waals surface area contributed by atoms with Crippen LogP contribution in [0.15, 0.2) is 24.3 Å². The molecule has 1 saturated carbocycles. The molecule has 1 aromatic carbocycles. The Morgan fingerprint density at radius 1 is 1.08 bits per heavy atom. The first-order chi connectivity index (χ1) is 6.36. The van der Waals surface area contributed by atoms with E-state index in [1.54, 1.807) is 0 Å². The van der Waals surface area contributed by atoms with E-state index in [0.29, 0.717) is 6.04 Å². The molecular weight excluding hydrogens is 158 g/mol. The number of hydrogen-bond donors (Lipinski definition) is 1. The van der Waals surface area contributed by atoms with Gasteiger partial charge in [0.25, 0.3) is 0 Å². The van der Waals surface area contributed by atoms with Crippen LogP contribution in [0.2, 0.25) is 0 Å². The smallest absolute Gasteiger partial charge is 0.0303 e. The normalized spacial score (nSPS) is 31.8. The van der Waals surface area contributed by atoms with E-state index >= 15 is 0 Å². The minimum Gasteiger partial charge on any atom is -0.324 e. The SMILES string of the molecule is NC1CC(C2CC2)c2ccccc21. The number of fused-ring (bicyclic) bond motifs is 1. The molecule has 1 heteroatoms. The van der Waals surface area contributed by atoms with Crippen molar-refractivity contribution in [3.05, 3.63) is 35.4 Å². The molecule has 0 radical (unpaired) electrons. The van der Waals surface area contributed by atoms with Crippen molar-refractivity contribution < 1.29 is 0 Å². The van der Waals surface area contributed by atoms with Gasteiger partial charge in [0, 0.05) is 6.04 Å². The molecule has 2 aliphatic rings. The molecule has 0 amide bonds. The number of benzene rings is 1. The number of rotatable bonds is 1. The van der Waals surface area contributed by atoms with E-state index in [-0.39, 0.29) is 0 Å². The lowest BCUT2D eigenvalue weighted by Gasteiger charge is -2.08. The Balaban J connectivity index is 2.03. The van der Waals surface area contributed by atoms with Gasteiger partial charge >= 0.3 is 0 Å². The van der Waals surface area contributed by atoms with Crippen LogP contribution in [0, 0.1) is 5.92 Å². The van der Waals surface area contributed by atoms with Crippen LogP contribution in [0.5, 0.6) is 0 Å². The molecule has 0 bridgehead atoms. The maximum Gasteiger partial charge on any atom is 0.0303 e. The first kappa shape index (κ1) is 7.57. The van der Waals surface area contributed by atoms with E-state index < -0.39 is 0 Å². The second-order valence-electron chi connectivity index (χ2n) is 4.42. The molecule has 0 aliphatic heterocycles. The van der Waals surface area contributed by atoms with Crippen LogP contribution in [-0.2, 0) is 0 Å². The first-order valence-electron chi connectivity index (χ1n) is 5.20. The Labute approximate surface area is 78.9 Å². The predicted octanol–water partition coefficient (Wildman–Crippen LogP) is 2.58. The third-order valence-corrected chi connectivity index (χ3v) is 3.49. The minimum atomic E-state index is 0.307. The summed E-state index contributed by atoms with van der Waals surface area (Å²) in [6, 6.07) is 9.02. The summed E-state index contributed by atoms with van der Waals surface area (Å²) in [6.07, 6.45) is 4.03. The molecule has 1 aromatic rings. The van der Waals surface area contributed by atoms with Gasteiger partial charge in [-0.1, -0.05) is 24.3 Å². The molecule has 0 heterocycles. The third kappa shape index (κ3) is 1.11. The average Bonchev–Trinajstić information content (AvgIpc) is 2.94. The fourth-order valence-corrected chi connectivity index (χ4v) is 2.66. The third-order valence-electron chi connectivity index (χ3n) is 3.49. The van der Waals surface area contributed by atoms with Crippen LogP contribution in [0.1, 0.15) is 42.3 Å². The summed E-state index contributed by atoms with van der Waals surface area (Å²) in [7, 11) is 0. The summed E-state index contributed by atoms with van der Waals surface area (Å²) >= 11 is 0. The van der Waals surface area contributed by atoms with Crippen LogP contribution in [0.3, 0.4) is 0 Å². The van der Waals surface area contributed by atoms with Crippen LogP contribution in [0.4, 0.5) is 0 Å². The van der Waals surface area contributed by atoms with Gasteiger partial charge in [0.2, 0.25) is 0 Å². The van der Waals surface area contributed by atoms with Crippen LogP contribution < -0.4 is 5.73 Å². The molecule has 68 valence electrons. The molecule has 3 rings (SSSR count). The van der Waals surface area contributed by atoms with Crippen LogP contribution in [-0.4, -0.2) is 0 Å². The van der Waals surface area contributed by atoms with Gasteiger partial charge in [-0.05, 0) is 42.2 Å². The van der Waals surface area contributed by atoms with Gasteiger partial charge in [-0.15, -0.1) is 0 Å². The van der Waals surface area contributed by atoms with E-state index in [4.69, 9.17) is 5.73 Å². The van der Waals surface area contributed by atoms with Gasteiger partial charge in [0.15, 0.2) is 0 Å². The van der Waals surface area contributed by atoms with E-state index in [2.05, 4.69) is 24.3 Å². The van der Waals surface area contributed by atoms with Gasteiger partial charge in [-0.25, -0.2) is 0 Å². The summed E-state index contributed by atoms with van der Waals surface area (Å²) in [5.41, 5.74) is 9.04. The molecule has 2 N–H and O–H groups in total. The Kier molecular flexibility index (Phi) is 1.50. The zero-order valence-corrected chi connectivity index (χ0v) is 7.74. The zero-order chi connectivity index (χ0) is 8.84. The Hall–Kier alpha value is -0.820. The summed E-state index contributed by atoms with van der Waals surface area (Å²) < 4.78 is 0. The lowest BCUT2D eigenvalue weighted by molar-refractivity contribution is 0.550. The predicted molar refractivity (Wildman–Crippen MR) is 53.5 cm³/mol. The van der Waals surface area contributed by atoms with Crippen molar-refractivity contribution in [1.82, 2.24) is 0 Å². The lowest BCUT2D eigenvalue weighted by Crippen LogP contribution is -2.05. The topological polar surface area (TPSA) is 26.0 Å². The molecule has 0 aromatic heterocycles. The lowest BCUT2D eigenvalue weighted by atomic mass is 9.96. The summed E-state index contributed by atoms with van der Waals surface area (Å²) in [4.78, 5) is 0. The second kappa shape index (κ2) is 2.58. The van der Waals surface area contributed by atoms with Gasteiger partial charge < -0.3 is 5.73 Å². The van der Waals surface area contributed by atoms with E-state index in [1.165, 1.54) is 30.4 Å². The van der Waals surface area contributed by atoms with E-state index in [0.717, 1.165) is 11.8 Å². The maximum atomic E-state index is 6.10. The van der Waals surface area contributed by atoms with E-state index in [1.807, 2.05) is 0 Å². The largest absolute Gasteiger partial charge is 0.324 e. The van der Waals surface area contributed by atoms with Gasteiger partial charge in [0.1, 0.15) is 0 Å². The minimum absolute atomic E-state index is 0.307. The number of nitrogens with two attached hydrogens (primary N) is 1. The standard InChI is InChI=1S/C12H15N/c13-12-7-11(8-5-6-8)9-3-1-2-4-10(9)12/h1-4,8,11-12H,5-7,13H2. The van der Waals surface area contributed by atoms with Crippen molar-refractivity contribution >= 4 is 0 Å². The monoisotopic (exact) mass is 173 g/mol. The molecular formula is C12H15N. The van der Waals surface area contributed by atoms with Crippen molar-refractivity contribution in [2.24, 2.45) is 11.7 Å². The molecule has 1 nitrogen and oxygen atoms in total. The van der Waals surface area contributed by atoms with Crippen molar-refractivity contribution in [3.8, 4) is 0 Å². The zero-order valence-electron chi connectivity index (χ0n) is 7.74. The van der Waals surface area contributed by atoms with Crippen LogP contribution in [0.25, 0.3) is 0 Å². The summed E-state index contributed by atoms with van der Waals surface area (Å²) in [6.45, 7) is 0. The first-order valence-corrected chi connectivity index (χ1v) is 5.20. The fourth-order valence-electron chi connectivity index (χ4n) is 2.66. The Morgan fingerprint density at radius 3 is 2.46 bits per heavy atom. The van der Waals surface area contributed by atoms with Gasteiger partial charge in [-0.3, -0.25) is 0 Å². The molecule has 2 unspecified atom stereocenters. The summed E-state index contributed by atoms with van der Waals surface area (Å²) in [5.74, 6) is 1.74. The quantitative estimate of drug-likeness (QED) is 0.694. The summed E-state index contributed by atoms with van der Waals surface area (Å²) in [5, 5.41) is 0. The van der Waals surface area contributed by atoms with E-state index in [9.17, 15) is 0 Å². The molecule has 2 atom stereocenters. The molecule has 0 saturated heterocycles. The van der Waals surface area contributed by atoms with Crippen molar-refractivity contribution in [2.75, 3.05) is 0 Å². The fraction of sp³-hybridized carbons (Fsp3) is 0.500. The highest BCUT2D eigenvalue weighted by atomic mass is 14.7. The Morgan fingerprint density at radius 2 is 1.77 bits per heavy atom. The Bertz CT molecular complexity index is 328. The number of hydrogen-bond acceptors (Lipinski definition) is 1. The highest BCUT2D eigenvalue weighted by molar-refractivity contribution is 5.38.